The third-order valence-corrected chi connectivity index (χ3v) is 1.78. The highest BCUT2D eigenvalue weighted by Crippen LogP contribution is 1.93. The highest BCUT2D eigenvalue weighted by atomic mass is 32.2. The predicted molar refractivity (Wildman–Crippen MR) is 43.1 cm³/mol. The lowest BCUT2D eigenvalue weighted by molar-refractivity contribution is 0.345. The molecule has 0 rings (SSSR count). The first kappa shape index (κ1) is 10.2. The van der Waals surface area contributed by atoms with Crippen molar-refractivity contribution >= 4 is 10.1 Å². The van der Waals surface area contributed by atoms with Crippen molar-refractivity contribution in [3.63, 3.8) is 0 Å². The van der Waals surface area contributed by atoms with Gasteiger partial charge in [-0.15, -0.1) is 5.92 Å². The van der Waals surface area contributed by atoms with Crippen molar-refractivity contribution in [2.75, 3.05) is 6.61 Å². The average molecular weight is 174 g/mol. The molecule has 0 radical (unpaired) electrons. The van der Waals surface area contributed by atoms with Gasteiger partial charge in [-0.3, -0.25) is 4.18 Å². The van der Waals surface area contributed by atoms with E-state index in [1.165, 1.54) is 6.08 Å². The molecule has 0 atom stereocenters. The lowest BCUT2D eigenvalue weighted by Gasteiger charge is -1.93. The summed E-state index contributed by atoms with van der Waals surface area (Å²) in [5, 5.41) is 0.938. The van der Waals surface area contributed by atoms with Crippen molar-refractivity contribution in [2.45, 2.75) is 13.8 Å². The molecule has 4 heteroatoms. The Morgan fingerprint density at radius 1 is 1.55 bits per heavy atom. The van der Waals surface area contributed by atoms with E-state index in [1.54, 1.807) is 13.8 Å². The van der Waals surface area contributed by atoms with E-state index >= 15 is 0 Å². The molecule has 3 nitrogen and oxygen atoms in total. The van der Waals surface area contributed by atoms with E-state index < -0.39 is 10.1 Å². The van der Waals surface area contributed by atoms with Gasteiger partial charge in [-0.25, -0.2) is 0 Å². The van der Waals surface area contributed by atoms with Crippen LogP contribution in [-0.2, 0) is 14.3 Å². The summed E-state index contributed by atoms with van der Waals surface area (Å²) in [5.41, 5.74) is 0. The van der Waals surface area contributed by atoms with Gasteiger partial charge in [0.25, 0.3) is 10.1 Å². The average Bonchev–Trinajstić information content (AvgIpc) is 1.87. The maximum absolute atomic E-state index is 10.7. The molecular formula is C7H10O3S. The van der Waals surface area contributed by atoms with Crippen LogP contribution in [0.4, 0.5) is 0 Å². The quantitative estimate of drug-likeness (QED) is 0.471. The number of hydrogen-bond donors (Lipinski definition) is 0. The fourth-order valence-electron chi connectivity index (χ4n) is 0.404. The number of rotatable bonds is 3. The highest BCUT2D eigenvalue weighted by molar-refractivity contribution is 7.89. The van der Waals surface area contributed by atoms with Gasteiger partial charge in [0.2, 0.25) is 0 Å². The van der Waals surface area contributed by atoms with E-state index in [9.17, 15) is 8.42 Å². The van der Waals surface area contributed by atoms with E-state index in [4.69, 9.17) is 0 Å². The van der Waals surface area contributed by atoms with Gasteiger partial charge in [0.1, 0.15) is 0 Å². The van der Waals surface area contributed by atoms with Gasteiger partial charge >= 0.3 is 0 Å². The zero-order chi connectivity index (χ0) is 8.74. The van der Waals surface area contributed by atoms with Gasteiger partial charge in [0, 0.05) is 6.08 Å². The van der Waals surface area contributed by atoms with Gasteiger partial charge in [0.15, 0.2) is 0 Å². The Morgan fingerprint density at radius 2 is 2.18 bits per heavy atom. The Hall–Kier alpha value is -0.790. The van der Waals surface area contributed by atoms with Crippen LogP contribution in [0.2, 0.25) is 0 Å². The van der Waals surface area contributed by atoms with E-state index in [0.29, 0.717) is 0 Å². The fourth-order valence-corrected chi connectivity index (χ4v) is 1.05. The second kappa shape index (κ2) is 4.94. The van der Waals surface area contributed by atoms with Crippen LogP contribution in [0.1, 0.15) is 13.8 Å². The van der Waals surface area contributed by atoms with Crippen molar-refractivity contribution in [1.29, 1.82) is 0 Å². The van der Waals surface area contributed by atoms with Crippen molar-refractivity contribution in [3.05, 3.63) is 11.5 Å². The normalized spacial score (nSPS) is 11.1. The summed E-state index contributed by atoms with van der Waals surface area (Å²) in [5.74, 6) is 5.00. The van der Waals surface area contributed by atoms with Crippen LogP contribution >= 0.6 is 0 Å². The topological polar surface area (TPSA) is 43.4 Å². The molecular weight excluding hydrogens is 164 g/mol. The molecule has 0 aliphatic heterocycles. The molecule has 0 aliphatic carbocycles. The number of allylic oxidation sites excluding steroid dienone is 1. The first-order valence-corrected chi connectivity index (χ1v) is 4.57. The largest absolute Gasteiger partial charge is 0.290 e. The summed E-state index contributed by atoms with van der Waals surface area (Å²) in [6.45, 7) is 3.38. The summed E-state index contributed by atoms with van der Waals surface area (Å²) in [7, 11) is -3.49. The summed E-state index contributed by atoms with van der Waals surface area (Å²) in [6.07, 6.45) is 1.24. The maximum atomic E-state index is 10.7. The second-order valence-electron chi connectivity index (χ2n) is 1.60. The van der Waals surface area contributed by atoms with Crippen molar-refractivity contribution < 1.29 is 12.6 Å². The molecule has 0 saturated heterocycles. The molecule has 0 heterocycles. The van der Waals surface area contributed by atoms with Gasteiger partial charge < -0.3 is 0 Å². The van der Waals surface area contributed by atoms with E-state index in [1.807, 2.05) is 0 Å². The van der Waals surface area contributed by atoms with Crippen molar-refractivity contribution in [2.24, 2.45) is 0 Å². The predicted octanol–water partition coefficient (Wildman–Crippen LogP) is 0.890. The van der Waals surface area contributed by atoms with E-state index in [-0.39, 0.29) is 6.61 Å². The first-order chi connectivity index (χ1) is 5.12. The number of hydrogen-bond acceptors (Lipinski definition) is 3. The third-order valence-electron chi connectivity index (χ3n) is 0.744. The Kier molecular flexibility index (Phi) is 4.59. The molecule has 0 spiro atoms. The molecule has 0 fully saturated rings. The van der Waals surface area contributed by atoms with Crippen molar-refractivity contribution in [3.8, 4) is 11.8 Å². The van der Waals surface area contributed by atoms with E-state index in [2.05, 4.69) is 16.0 Å². The fraction of sp³-hybridized carbons (Fsp3) is 0.429. The van der Waals surface area contributed by atoms with Crippen LogP contribution in [0, 0.1) is 11.8 Å². The summed E-state index contributed by atoms with van der Waals surface area (Å²) < 4.78 is 25.9. The molecule has 62 valence electrons. The molecule has 0 amide bonds. The Balaban J connectivity index is 4.20. The van der Waals surface area contributed by atoms with Gasteiger partial charge in [-0.1, -0.05) is 5.92 Å². The standard InChI is InChI=1S/C7H10O3S/c1-3-5-6-7-11(8,9)10-4-2/h6-7H,4H2,1-2H3/b7-6+. The van der Waals surface area contributed by atoms with Crippen LogP contribution in [0.15, 0.2) is 11.5 Å². The SMILES string of the molecule is CC#C/C=C/S(=O)(=O)OCC. The lowest BCUT2D eigenvalue weighted by Crippen LogP contribution is -2.00. The lowest BCUT2D eigenvalue weighted by atomic mass is 10.6. The maximum Gasteiger partial charge on any atom is 0.290 e. The van der Waals surface area contributed by atoms with Crippen LogP contribution in [0.25, 0.3) is 0 Å². The van der Waals surface area contributed by atoms with E-state index in [0.717, 1.165) is 5.41 Å². The van der Waals surface area contributed by atoms with Crippen LogP contribution in [0.3, 0.4) is 0 Å². The molecule has 0 aromatic rings. The zero-order valence-corrected chi connectivity index (χ0v) is 7.31. The van der Waals surface area contributed by atoms with Crippen LogP contribution < -0.4 is 0 Å². The minimum atomic E-state index is -3.49. The Labute approximate surface area is 67.2 Å². The minimum Gasteiger partial charge on any atom is -0.267 e. The first-order valence-electron chi connectivity index (χ1n) is 3.10. The van der Waals surface area contributed by atoms with Gasteiger partial charge in [-0.2, -0.15) is 8.42 Å². The molecule has 0 bridgehead atoms. The molecule has 0 aromatic heterocycles. The van der Waals surface area contributed by atoms with Gasteiger partial charge in [0.05, 0.1) is 12.0 Å². The smallest absolute Gasteiger partial charge is 0.267 e. The summed E-state index contributed by atoms with van der Waals surface area (Å²) in [6, 6.07) is 0. The monoisotopic (exact) mass is 174 g/mol. The molecule has 11 heavy (non-hydrogen) atoms. The van der Waals surface area contributed by atoms with Crippen LogP contribution in [-0.4, -0.2) is 15.0 Å². The van der Waals surface area contributed by atoms with Gasteiger partial charge in [-0.05, 0) is 13.8 Å². The van der Waals surface area contributed by atoms with Crippen molar-refractivity contribution in [1.82, 2.24) is 0 Å². The molecule has 0 aromatic carbocycles. The highest BCUT2D eigenvalue weighted by Gasteiger charge is 2.01. The second-order valence-corrected chi connectivity index (χ2v) is 3.09. The Morgan fingerprint density at radius 3 is 2.64 bits per heavy atom. The molecule has 0 saturated carbocycles. The summed E-state index contributed by atoms with van der Waals surface area (Å²) in [4.78, 5) is 0. The molecule has 0 N–H and O–H groups in total. The zero-order valence-electron chi connectivity index (χ0n) is 6.49. The molecule has 0 unspecified atom stereocenters. The van der Waals surface area contributed by atoms with Crippen LogP contribution in [0.5, 0.6) is 0 Å². The third kappa shape index (κ3) is 5.64. The Bertz CT molecular complexity index is 277. The summed E-state index contributed by atoms with van der Waals surface area (Å²) >= 11 is 0. The minimum absolute atomic E-state index is 0.145. The molecule has 0 aliphatic rings.